The van der Waals surface area contributed by atoms with Gasteiger partial charge in [-0.25, -0.2) is 4.39 Å². The Morgan fingerprint density at radius 2 is 2.13 bits per heavy atom. The third kappa shape index (κ3) is 2.16. The fourth-order valence-electron chi connectivity index (χ4n) is 1.38. The number of aryl methyl sites for hydroxylation is 1. The summed E-state index contributed by atoms with van der Waals surface area (Å²) in [6.45, 7) is 5.06. The van der Waals surface area contributed by atoms with Crippen LogP contribution in [-0.4, -0.2) is 18.2 Å². The summed E-state index contributed by atoms with van der Waals surface area (Å²) in [6.07, 6.45) is 0. The molecule has 0 aromatic carbocycles. The van der Waals surface area contributed by atoms with Gasteiger partial charge in [0.15, 0.2) is 11.6 Å². The lowest BCUT2D eigenvalue weighted by molar-refractivity contribution is -0.144. The Bertz CT molecular complexity index is 360. The SMILES string of the molecule is COC(=O)C(c1onc(C)c1F)C(C)C. The quantitative estimate of drug-likeness (QED) is 0.724. The Hall–Kier alpha value is -1.39. The number of esters is 1. The van der Waals surface area contributed by atoms with Crippen LogP contribution in [0.4, 0.5) is 4.39 Å². The van der Waals surface area contributed by atoms with Crippen LogP contribution < -0.4 is 0 Å². The van der Waals surface area contributed by atoms with Crippen molar-refractivity contribution >= 4 is 5.97 Å². The zero-order valence-corrected chi connectivity index (χ0v) is 9.20. The summed E-state index contributed by atoms with van der Waals surface area (Å²) < 4.78 is 22.9. The molecule has 1 aromatic rings. The zero-order chi connectivity index (χ0) is 11.6. The molecular formula is C10H14FNO3. The summed E-state index contributed by atoms with van der Waals surface area (Å²) in [4.78, 5) is 11.4. The van der Waals surface area contributed by atoms with Crippen LogP contribution in [0.3, 0.4) is 0 Å². The van der Waals surface area contributed by atoms with Gasteiger partial charge in [-0.15, -0.1) is 0 Å². The van der Waals surface area contributed by atoms with Gasteiger partial charge < -0.3 is 9.26 Å². The molecule has 0 saturated heterocycles. The van der Waals surface area contributed by atoms with Crippen LogP contribution in [-0.2, 0) is 9.53 Å². The number of ether oxygens (including phenoxy) is 1. The summed E-state index contributed by atoms with van der Waals surface area (Å²) in [7, 11) is 1.26. The van der Waals surface area contributed by atoms with Gasteiger partial charge in [-0.05, 0) is 12.8 Å². The van der Waals surface area contributed by atoms with E-state index in [-0.39, 0.29) is 17.4 Å². The molecule has 0 fully saturated rings. The highest BCUT2D eigenvalue weighted by molar-refractivity contribution is 5.77. The lowest BCUT2D eigenvalue weighted by Gasteiger charge is -2.14. The molecule has 4 nitrogen and oxygen atoms in total. The van der Waals surface area contributed by atoms with Crippen LogP contribution in [0.5, 0.6) is 0 Å². The van der Waals surface area contributed by atoms with Gasteiger partial charge in [-0.2, -0.15) is 0 Å². The van der Waals surface area contributed by atoms with Crippen molar-refractivity contribution in [3.63, 3.8) is 0 Å². The van der Waals surface area contributed by atoms with Crippen molar-refractivity contribution < 1.29 is 18.4 Å². The molecule has 0 spiro atoms. The number of halogens is 1. The highest BCUT2D eigenvalue weighted by atomic mass is 19.1. The van der Waals surface area contributed by atoms with E-state index in [2.05, 4.69) is 9.89 Å². The molecule has 0 saturated carbocycles. The van der Waals surface area contributed by atoms with Gasteiger partial charge >= 0.3 is 5.97 Å². The van der Waals surface area contributed by atoms with Crippen molar-refractivity contribution in [2.24, 2.45) is 5.92 Å². The summed E-state index contributed by atoms with van der Waals surface area (Å²) in [5.74, 6) is -1.98. The molecule has 15 heavy (non-hydrogen) atoms. The average molecular weight is 215 g/mol. The number of carbonyl (C=O) groups excluding carboxylic acids is 1. The largest absolute Gasteiger partial charge is 0.468 e. The van der Waals surface area contributed by atoms with E-state index < -0.39 is 17.7 Å². The molecule has 1 atom stereocenters. The van der Waals surface area contributed by atoms with E-state index in [0.717, 1.165) is 0 Å². The van der Waals surface area contributed by atoms with E-state index in [0.29, 0.717) is 0 Å². The highest BCUT2D eigenvalue weighted by Crippen LogP contribution is 2.28. The molecule has 84 valence electrons. The third-order valence-electron chi connectivity index (χ3n) is 2.22. The summed E-state index contributed by atoms with van der Waals surface area (Å²) in [6, 6.07) is 0. The van der Waals surface area contributed by atoms with Crippen molar-refractivity contribution in [3.05, 3.63) is 17.3 Å². The molecular weight excluding hydrogens is 201 g/mol. The molecule has 0 N–H and O–H groups in total. The van der Waals surface area contributed by atoms with Crippen LogP contribution in [0.1, 0.15) is 31.2 Å². The standard InChI is InChI=1S/C10H14FNO3/c1-5(2)7(10(13)14-4)9-8(11)6(3)12-15-9/h5,7H,1-4H3. The van der Waals surface area contributed by atoms with Crippen LogP contribution in [0.25, 0.3) is 0 Å². The predicted molar refractivity (Wildman–Crippen MR) is 50.8 cm³/mol. The van der Waals surface area contributed by atoms with Crippen LogP contribution in [0.2, 0.25) is 0 Å². The van der Waals surface area contributed by atoms with Gasteiger partial charge in [0.05, 0.1) is 7.11 Å². The van der Waals surface area contributed by atoms with Gasteiger partial charge in [0.1, 0.15) is 11.6 Å². The maximum atomic E-state index is 13.5. The van der Waals surface area contributed by atoms with Crippen molar-refractivity contribution in [1.29, 1.82) is 0 Å². The van der Waals surface area contributed by atoms with Gasteiger partial charge in [0.2, 0.25) is 0 Å². The topological polar surface area (TPSA) is 52.3 Å². The molecule has 1 aromatic heterocycles. The number of aromatic nitrogens is 1. The molecule has 0 amide bonds. The van der Waals surface area contributed by atoms with Crippen LogP contribution in [0.15, 0.2) is 4.52 Å². The van der Waals surface area contributed by atoms with Gasteiger partial charge in [-0.3, -0.25) is 4.79 Å². The number of hydrogen-bond donors (Lipinski definition) is 0. The number of methoxy groups -OCH3 is 1. The van der Waals surface area contributed by atoms with Crippen LogP contribution in [0, 0.1) is 18.7 Å². The first-order valence-corrected chi connectivity index (χ1v) is 4.68. The van der Waals surface area contributed by atoms with E-state index in [4.69, 9.17) is 4.52 Å². The van der Waals surface area contributed by atoms with E-state index >= 15 is 0 Å². The van der Waals surface area contributed by atoms with E-state index in [1.165, 1.54) is 14.0 Å². The summed E-state index contributed by atoms with van der Waals surface area (Å²) >= 11 is 0. The number of nitrogens with zero attached hydrogens (tertiary/aromatic N) is 1. The molecule has 0 aliphatic heterocycles. The first-order valence-electron chi connectivity index (χ1n) is 4.68. The third-order valence-corrected chi connectivity index (χ3v) is 2.22. The normalized spacial score (nSPS) is 12.9. The van der Waals surface area contributed by atoms with E-state index in [9.17, 15) is 9.18 Å². The first-order chi connectivity index (χ1) is 6.99. The van der Waals surface area contributed by atoms with Crippen molar-refractivity contribution in [3.8, 4) is 0 Å². The minimum Gasteiger partial charge on any atom is -0.468 e. The minimum atomic E-state index is -0.740. The predicted octanol–water partition coefficient (Wildman–Crippen LogP) is 2.03. The molecule has 0 aliphatic carbocycles. The second-order valence-corrected chi connectivity index (χ2v) is 3.69. The van der Waals surface area contributed by atoms with Gasteiger partial charge in [0.25, 0.3) is 0 Å². The maximum absolute atomic E-state index is 13.5. The molecule has 5 heteroatoms. The second-order valence-electron chi connectivity index (χ2n) is 3.69. The van der Waals surface area contributed by atoms with Gasteiger partial charge in [-0.1, -0.05) is 19.0 Å². The van der Waals surface area contributed by atoms with Crippen molar-refractivity contribution in [2.75, 3.05) is 7.11 Å². The van der Waals surface area contributed by atoms with E-state index in [1.807, 2.05) is 0 Å². The van der Waals surface area contributed by atoms with Crippen LogP contribution >= 0.6 is 0 Å². The Morgan fingerprint density at radius 1 is 1.53 bits per heavy atom. The Kier molecular flexibility index (Phi) is 3.44. The summed E-state index contributed by atoms with van der Waals surface area (Å²) in [5.41, 5.74) is 0.152. The Balaban J connectivity index is 3.10. The average Bonchev–Trinajstić information content (AvgIpc) is 2.49. The number of carbonyl (C=O) groups is 1. The molecule has 1 unspecified atom stereocenters. The smallest absolute Gasteiger partial charge is 0.316 e. The Labute approximate surface area is 87.4 Å². The molecule has 0 bridgehead atoms. The maximum Gasteiger partial charge on any atom is 0.316 e. The molecule has 0 aliphatic rings. The van der Waals surface area contributed by atoms with Crippen molar-refractivity contribution in [1.82, 2.24) is 5.16 Å². The summed E-state index contributed by atoms with van der Waals surface area (Å²) in [5, 5.41) is 3.48. The fraction of sp³-hybridized carbons (Fsp3) is 0.600. The van der Waals surface area contributed by atoms with E-state index in [1.54, 1.807) is 13.8 Å². The monoisotopic (exact) mass is 215 g/mol. The molecule has 0 radical (unpaired) electrons. The number of rotatable bonds is 3. The van der Waals surface area contributed by atoms with Gasteiger partial charge in [0, 0.05) is 0 Å². The minimum absolute atomic E-state index is 0.0469. The first kappa shape index (κ1) is 11.7. The lowest BCUT2D eigenvalue weighted by atomic mass is 9.93. The zero-order valence-electron chi connectivity index (χ0n) is 9.20. The molecule has 1 rings (SSSR count). The molecule has 1 heterocycles. The highest BCUT2D eigenvalue weighted by Gasteiger charge is 2.32. The van der Waals surface area contributed by atoms with Crippen molar-refractivity contribution in [2.45, 2.75) is 26.7 Å². The second kappa shape index (κ2) is 4.42. The fourth-order valence-corrected chi connectivity index (χ4v) is 1.38. The number of hydrogen-bond acceptors (Lipinski definition) is 4. The Morgan fingerprint density at radius 3 is 2.47 bits per heavy atom. The lowest BCUT2D eigenvalue weighted by Crippen LogP contribution is -2.20.